The van der Waals surface area contributed by atoms with E-state index in [-0.39, 0.29) is 35.9 Å². The van der Waals surface area contributed by atoms with Crippen molar-refractivity contribution >= 4 is 23.2 Å². The molecule has 0 aliphatic carbocycles. The van der Waals surface area contributed by atoms with Crippen LogP contribution in [0.1, 0.15) is 28.8 Å². The van der Waals surface area contributed by atoms with Gasteiger partial charge in [0.1, 0.15) is 5.82 Å². The number of halogens is 4. The zero-order valence-corrected chi connectivity index (χ0v) is 19.3. The lowest BCUT2D eigenvalue weighted by Crippen LogP contribution is -2.69. The summed E-state index contributed by atoms with van der Waals surface area (Å²) in [7, 11) is 0. The number of fused-ring (bicyclic) bond motifs is 3. The summed E-state index contributed by atoms with van der Waals surface area (Å²) < 4.78 is 53.1. The molecule has 5 atom stereocenters. The van der Waals surface area contributed by atoms with Crippen molar-refractivity contribution in [2.45, 2.75) is 31.2 Å². The first kappa shape index (κ1) is 24.5. The summed E-state index contributed by atoms with van der Waals surface area (Å²) in [5.41, 5.74) is -0.856. The summed E-state index contributed by atoms with van der Waals surface area (Å²) in [5, 5.41) is 15.9. The first-order chi connectivity index (χ1) is 17.2. The van der Waals surface area contributed by atoms with E-state index in [0.717, 1.165) is 43.8 Å². The summed E-state index contributed by atoms with van der Waals surface area (Å²) in [6.45, 7) is 2.30. The van der Waals surface area contributed by atoms with E-state index in [1.54, 1.807) is 24.3 Å². The van der Waals surface area contributed by atoms with Crippen molar-refractivity contribution in [1.29, 1.82) is 0 Å². The van der Waals surface area contributed by atoms with Gasteiger partial charge in [0, 0.05) is 29.9 Å². The average Bonchev–Trinajstić information content (AvgIpc) is 2.85. The Kier molecular flexibility index (Phi) is 6.60. The molecule has 2 aromatic rings. The van der Waals surface area contributed by atoms with Gasteiger partial charge in [0.2, 0.25) is 5.91 Å². The summed E-state index contributed by atoms with van der Waals surface area (Å²) in [6, 6.07) is 8.80. The van der Waals surface area contributed by atoms with Crippen LogP contribution in [-0.4, -0.2) is 43.7 Å². The smallest absolute Gasteiger partial charge is 0.382 e. The van der Waals surface area contributed by atoms with Gasteiger partial charge in [-0.15, -0.1) is 0 Å². The van der Waals surface area contributed by atoms with Crippen molar-refractivity contribution in [3.63, 3.8) is 0 Å². The minimum absolute atomic E-state index is 0.0603. The topological polar surface area (TPSA) is 94.3 Å². The van der Waals surface area contributed by atoms with Crippen LogP contribution in [0.25, 0.3) is 0 Å². The average molecular weight is 506 g/mol. The van der Waals surface area contributed by atoms with Crippen LogP contribution in [0.3, 0.4) is 0 Å². The Hall–Kier alpha value is -3.18. The maximum absolute atomic E-state index is 13.4. The van der Waals surface area contributed by atoms with Gasteiger partial charge in [-0.2, -0.15) is 13.2 Å². The molecule has 11 heteroatoms. The number of benzene rings is 2. The SMILES string of the molecule is O=C(Nc1ccc(NC2CCNC3NC(=O)C4CNCCC4C23)cc1)c1ccc(F)cc1C(F)(F)F. The van der Waals surface area contributed by atoms with Gasteiger partial charge < -0.3 is 21.3 Å². The van der Waals surface area contributed by atoms with Gasteiger partial charge in [-0.05, 0) is 74.3 Å². The number of piperidine rings is 3. The van der Waals surface area contributed by atoms with E-state index in [1.165, 1.54) is 0 Å². The van der Waals surface area contributed by atoms with Crippen molar-refractivity contribution in [3.8, 4) is 0 Å². The van der Waals surface area contributed by atoms with Crippen LogP contribution in [0.5, 0.6) is 0 Å². The van der Waals surface area contributed by atoms with Gasteiger partial charge >= 0.3 is 6.18 Å². The van der Waals surface area contributed by atoms with Crippen LogP contribution < -0.4 is 26.6 Å². The monoisotopic (exact) mass is 505 g/mol. The molecule has 5 unspecified atom stereocenters. The Morgan fingerprint density at radius 2 is 1.75 bits per heavy atom. The Morgan fingerprint density at radius 3 is 2.50 bits per heavy atom. The van der Waals surface area contributed by atoms with Crippen molar-refractivity contribution < 1.29 is 27.2 Å². The summed E-state index contributed by atoms with van der Waals surface area (Å²) >= 11 is 0. The molecule has 5 rings (SSSR count). The number of hydrogen-bond acceptors (Lipinski definition) is 5. The quantitative estimate of drug-likeness (QED) is 0.412. The fourth-order valence-electron chi connectivity index (χ4n) is 5.71. The van der Waals surface area contributed by atoms with E-state index < -0.39 is 29.0 Å². The molecule has 36 heavy (non-hydrogen) atoms. The number of anilines is 2. The van der Waals surface area contributed by atoms with Crippen molar-refractivity contribution in [3.05, 3.63) is 59.4 Å². The van der Waals surface area contributed by atoms with Crippen LogP contribution in [0.4, 0.5) is 28.9 Å². The number of rotatable bonds is 4. The third-order valence-corrected chi connectivity index (χ3v) is 7.36. The zero-order chi connectivity index (χ0) is 25.4. The van der Waals surface area contributed by atoms with E-state index >= 15 is 0 Å². The Balaban J connectivity index is 1.28. The molecule has 3 saturated heterocycles. The highest BCUT2D eigenvalue weighted by Gasteiger charge is 2.49. The molecular formula is C25H27F4N5O2. The number of nitrogens with one attached hydrogen (secondary N) is 5. The van der Waals surface area contributed by atoms with Gasteiger partial charge in [-0.1, -0.05) is 0 Å². The number of amides is 2. The van der Waals surface area contributed by atoms with E-state index in [9.17, 15) is 27.2 Å². The standard InChI is InChI=1S/C25H27F4N5O2/c26-13-1-6-17(19(11-13)25(27,28)29)23(35)33-15-4-2-14(3-5-15)32-20-8-10-31-22-21(20)16-7-9-30-12-18(16)24(36)34-22/h1-6,11,16,18,20-22,30-32H,7-10,12H2,(H,33,35)(H,34,36). The molecule has 2 aromatic carbocycles. The molecule has 3 aliphatic heterocycles. The highest BCUT2D eigenvalue weighted by atomic mass is 19.4. The molecule has 0 aromatic heterocycles. The van der Waals surface area contributed by atoms with E-state index in [2.05, 4.69) is 26.6 Å². The van der Waals surface area contributed by atoms with Gasteiger partial charge in [0.05, 0.1) is 23.2 Å². The van der Waals surface area contributed by atoms with Crippen LogP contribution in [0.2, 0.25) is 0 Å². The molecule has 3 aliphatic rings. The fraction of sp³-hybridized carbons (Fsp3) is 0.440. The summed E-state index contributed by atoms with van der Waals surface area (Å²) in [6.07, 6.45) is -3.16. The van der Waals surface area contributed by atoms with Crippen LogP contribution in [-0.2, 0) is 11.0 Å². The third kappa shape index (κ3) is 4.90. The van der Waals surface area contributed by atoms with Crippen molar-refractivity contribution in [2.24, 2.45) is 17.8 Å². The summed E-state index contributed by atoms with van der Waals surface area (Å²) in [5.74, 6) is -1.55. The summed E-state index contributed by atoms with van der Waals surface area (Å²) in [4.78, 5) is 25.1. The molecule has 3 fully saturated rings. The van der Waals surface area contributed by atoms with Crippen LogP contribution >= 0.6 is 0 Å². The number of carbonyl (C=O) groups excluding carboxylic acids is 2. The zero-order valence-electron chi connectivity index (χ0n) is 19.3. The minimum atomic E-state index is -4.86. The second kappa shape index (κ2) is 9.70. The highest BCUT2D eigenvalue weighted by Crippen LogP contribution is 2.38. The number of alkyl halides is 3. The maximum Gasteiger partial charge on any atom is 0.417 e. The lowest BCUT2D eigenvalue weighted by molar-refractivity contribution is -0.138. The number of carbonyl (C=O) groups is 2. The first-order valence-electron chi connectivity index (χ1n) is 12.0. The Morgan fingerprint density at radius 1 is 1.00 bits per heavy atom. The maximum atomic E-state index is 13.4. The number of hydrogen-bond donors (Lipinski definition) is 5. The van der Waals surface area contributed by atoms with E-state index in [4.69, 9.17) is 0 Å². The normalized spacial score (nSPS) is 27.9. The van der Waals surface area contributed by atoms with Crippen molar-refractivity contribution in [2.75, 3.05) is 30.3 Å². The fourth-order valence-corrected chi connectivity index (χ4v) is 5.71. The molecule has 0 radical (unpaired) electrons. The molecule has 3 heterocycles. The molecule has 0 saturated carbocycles. The molecular weight excluding hydrogens is 478 g/mol. The largest absolute Gasteiger partial charge is 0.417 e. The Bertz CT molecular complexity index is 1140. The minimum Gasteiger partial charge on any atom is -0.382 e. The molecule has 7 nitrogen and oxygen atoms in total. The highest BCUT2D eigenvalue weighted by molar-refractivity contribution is 6.05. The molecule has 0 spiro atoms. The van der Waals surface area contributed by atoms with E-state index in [0.29, 0.717) is 18.3 Å². The van der Waals surface area contributed by atoms with Crippen LogP contribution in [0.15, 0.2) is 42.5 Å². The molecule has 2 amide bonds. The van der Waals surface area contributed by atoms with Gasteiger partial charge in [-0.25, -0.2) is 4.39 Å². The predicted molar refractivity (Wildman–Crippen MR) is 126 cm³/mol. The third-order valence-electron chi connectivity index (χ3n) is 7.36. The van der Waals surface area contributed by atoms with Crippen molar-refractivity contribution in [1.82, 2.24) is 16.0 Å². The second-order valence-corrected chi connectivity index (χ2v) is 9.54. The van der Waals surface area contributed by atoms with Gasteiger partial charge in [0.15, 0.2) is 0 Å². The van der Waals surface area contributed by atoms with Gasteiger partial charge in [-0.3, -0.25) is 14.9 Å². The molecule has 192 valence electrons. The second-order valence-electron chi connectivity index (χ2n) is 9.54. The molecule has 0 bridgehead atoms. The van der Waals surface area contributed by atoms with E-state index in [1.807, 2.05) is 0 Å². The lowest BCUT2D eigenvalue weighted by Gasteiger charge is -2.51. The predicted octanol–water partition coefficient (Wildman–Crippen LogP) is 3.17. The van der Waals surface area contributed by atoms with Crippen LogP contribution in [0, 0.1) is 23.6 Å². The van der Waals surface area contributed by atoms with Gasteiger partial charge in [0.25, 0.3) is 5.91 Å². The first-order valence-corrected chi connectivity index (χ1v) is 12.0. The lowest BCUT2D eigenvalue weighted by atomic mass is 9.68. The molecule has 5 N–H and O–H groups in total. The Labute approximate surface area is 205 Å².